The van der Waals surface area contributed by atoms with Gasteiger partial charge in [-0.1, -0.05) is 44.4 Å². The van der Waals surface area contributed by atoms with E-state index in [4.69, 9.17) is 4.74 Å². The number of hydrogen-bond acceptors (Lipinski definition) is 3. The van der Waals surface area contributed by atoms with Crippen molar-refractivity contribution in [3.63, 3.8) is 0 Å². The van der Waals surface area contributed by atoms with Gasteiger partial charge in [-0.3, -0.25) is 4.79 Å². The molecule has 1 aliphatic rings. The highest BCUT2D eigenvalue weighted by Crippen LogP contribution is 2.20. The second kappa shape index (κ2) is 10.5. The molecule has 154 valence electrons. The Morgan fingerprint density at radius 2 is 1.89 bits per heavy atom. The zero-order valence-corrected chi connectivity index (χ0v) is 18.1. The number of allylic oxidation sites excluding steroid dienone is 2. The maximum absolute atomic E-state index is 12.4. The van der Waals surface area contributed by atoms with Crippen LogP contribution in [0.3, 0.4) is 0 Å². The quantitative estimate of drug-likeness (QED) is 0.576. The predicted molar refractivity (Wildman–Crippen MR) is 111 cm³/mol. The first kappa shape index (κ1) is 23.3. The molecule has 0 bridgehead atoms. The van der Waals surface area contributed by atoms with Crippen molar-refractivity contribution in [2.24, 2.45) is 0 Å². The average Bonchev–Trinajstić information content (AvgIpc) is 2.53. The second-order valence-corrected chi connectivity index (χ2v) is 8.78. The van der Waals surface area contributed by atoms with Crippen molar-refractivity contribution in [3.05, 3.63) is 23.8 Å². The zero-order valence-electron chi connectivity index (χ0n) is 18.1. The predicted octanol–water partition coefficient (Wildman–Crippen LogP) is 4.98. The fourth-order valence-corrected chi connectivity index (χ4v) is 3.20. The molecule has 1 N–H and O–H groups in total. The highest BCUT2D eigenvalue weighted by Gasteiger charge is 2.31. The molecule has 1 atom stereocenters. The third-order valence-corrected chi connectivity index (χ3v) is 4.57. The van der Waals surface area contributed by atoms with Crippen molar-refractivity contribution in [1.82, 2.24) is 10.2 Å². The summed E-state index contributed by atoms with van der Waals surface area (Å²) in [5.74, 6) is 0.0163. The van der Waals surface area contributed by atoms with Crippen molar-refractivity contribution < 1.29 is 14.3 Å². The van der Waals surface area contributed by atoms with Crippen LogP contribution in [0.2, 0.25) is 0 Å². The van der Waals surface area contributed by atoms with Crippen LogP contribution in [0.5, 0.6) is 0 Å². The molecular formula is C22H38N2O3. The fraction of sp³-hybridized carbons (Fsp3) is 0.727. The van der Waals surface area contributed by atoms with E-state index in [0.29, 0.717) is 13.1 Å². The van der Waals surface area contributed by atoms with E-state index < -0.39 is 17.2 Å². The van der Waals surface area contributed by atoms with Gasteiger partial charge in [-0.15, -0.1) is 0 Å². The maximum atomic E-state index is 12.4. The Kier molecular flexibility index (Phi) is 9.07. The summed E-state index contributed by atoms with van der Waals surface area (Å²) in [5.41, 5.74) is 0.0822. The first-order chi connectivity index (χ1) is 12.5. The molecule has 0 aromatic heterocycles. The molecule has 0 spiro atoms. The number of nitrogens with one attached hydrogen (secondary N) is 1. The molecule has 1 unspecified atom stereocenters. The highest BCUT2D eigenvalue weighted by atomic mass is 16.6. The molecular weight excluding hydrogens is 340 g/mol. The standard InChI is InChI=1S/C22H38N2O3/c1-7-8-12-15-22(6,23-20(26)27-21(3,4)5)17-24(18(2)25)16-19-13-10-9-11-14-19/h10,13-14H,7-9,11-12,15-17H2,1-6H3,(H,23,26). The van der Waals surface area contributed by atoms with Crippen LogP contribution in [0, 0.1) is 0 Å². The summed E-state index contributed by atoms with van der Waals surface area (Å²) < 4.78 is 5.46. The van der Waals surface area contributed by atoms with Crippen molar-refractivity contribution in [2.75, 3.05) is 13.1 Å². The van der Waals surface area contributed by atoms with Crippen LogP contribution in [0.25, 0.3) is 0 Å². The smallest absolute Gasteiger partial charge is 0.408 e. The van der Waals surface area contributed by atoms with Gasteiger partial charge in [0.05, 0.1) is 5.54 Å². The van der Waals surface area contributed by atoms with Crippen molar-refractivity contribution >= 4 is 12.0 Å². The van der Waals surface area contributed by atoms with Gasteiger partial charge in [-0.25, -0.2) is 4.79 Å². The molecule has 0 radical (unpaired) electrons. The molecule has 0 saturated carbocycles. The molecule has 0 saturated heterocycles. The largest absolute Gasteiger partial charge is 0.444 e. The molecule has 0 fully saturated rings. The number of hydrogen-bond donors (Lipinski definition) is 1. The SMILES string of the molecule is CCCCCC(C)(CN(CC1=CCCC=C1)C(C)=O)NC(=O)OC(C)(C)C. The van der Waals surface area contributed by atoms with Gasteiger partial charge >= 0.3 is 6.09 Å². The number of amides is 2. The lowest BCUT2D eigenvalue weighted by atomic mass is 9.93. The van der Waals surface area contributed by atoms with Crippen LogP contribution in [0.15, 0.2) is 23.8 Å². The first-order valence-electron chi connectivity index (χ1n) is 10.2. The van der Waals surface area contributed by atoms with Gasteiger partial charge in [0.15, 0.2) is 0 Å². The lowest BCUT2D eigenvalue weighted by Crippen LogP contribution is -2.55. The van der Waals surface area contributed by atoms with E-state index in [2.05, 4.69) is 30.5 Å². The number of nitrogens with zero attached hydrogens (tertiary/aromatic N) is 1. The third kappa shape index (κ3) is 9.64. The van der Waals surface area contributed by atoms with Gasteiger partial charge in [0.25, 0.3) is 0 Å². The summed E-state index contributed by atoms with van der Waals surface area (Å²) in [4.78, 5) is 26.5. The van der Waals surface area contributed by atoms with Crippen molar-refractivity contribution in [2.45, 2.75) is 91.2 Å². The molecule has 0 aliphatic heterocycles. The third-order valence-electron chi connectivity index (χ3n) is 4.57. The van der Waals surface area contributed by atoms with E-state index in [1.54, 1.807) is 6.92 Å². The Morgan fingerprint density at radius 1 is 1.19 bits per heavy atom. The number of carbonyl (C=O) groups is 2. The van der Waals surface area contributed by atoms with Crippen LogP contribution < -0.4 is 5.32 Å². The monoisotopic (exact) mass is 378 g/mol. The lowest BCUT2D eigenvalue weighted by Gasteiger charge is -2.37. The average molecular weight is 379 g/mol. The van der Waals surface area contributed by atoms with Gasteiger partial charge in [0.2, 0.25) is 5.91 Å². The number of unbranched alkanes of at least 4 members (excludes halogenated alkanes) is 2. The van der Waals surface area contributed by atoms with Crippen molar-refractivity contribution in [1.29, 1.82) is 0 Å². The Morgan fingerprint density at radius 3 is 2.41 bits per heavy atom. The molecule has 5 heteroatoms. The summed E-state index contributed by atoms with van der Waals surface area (Å²) in [7, 11) is 0. The van der Waals surface area contributed by atoms with E-state index in [0.717, 1.165) is 44.1 Å². The van der Waals surface area contributed by atoms with Crippen LogP contribution in [-0.2, 0) is 9.53 Å². The highest BCUT2D eigenvalue weighted by molar-refractivity contribution is 5.74. The number of ether oxygens (including phenoxy) is 1. The van der Waals surface area contributed by atoms with Crippen LogP contribution in [0.4, 0.5) is 4.79 Å². The van der Waals surface area contributed by atoms with E-state index in [9.17, 15) is 9.59 Å². The van der Waals surface area contributed by atoms with E-state index in [1.807, 2.05) is 32.6 Å². The summed E-state index contributed by atoms with van der Waals surface area (Å²) >= 11 is 0. The lowest BCUT2D eigenvalue weighted by molar-refractivity contribution is -0.129. The molecule has 5 nitrogen and oxygen atoms in total. The van der Waals surface area contributed by atoms with Gasteiger partial charge in [-0.05, 0) is 52.5 Å². The molecule has 1 rings (SSSR count). The zero-order chi connectivity index (χ0) is 20.5. The Balaban J connectivity index is 2.87. The summed E-state index contributed by atoms with van der Waals surface area (Å²) in [6.45, 7) is 12.4. The van der Waals surface area contributed by atoms with Gasteiger partial charge in [0.1, 0.15) is 5.60 Å². The van der Waals surface area contributed by atoms with Gasteiger partial charge in [-0.2, -0.15) is 0 Å². The van der Waals surface area contributed by atoms with E-state index >= 15 is 0 Å². The fourth-order valence-electron chi connectivity index (χ4n) is 3.20. The topological polar surface area (TPSA) is 58.6 Å². The Labute approximate surface area is 165 Å². The minimum atomic E-state index is -0.549. The van der Waals surface area contributed by atoms with Crippen molar-refractivity contribution in [3.8, 4) is 0 Å². The Hall–Kier alpha value is -1.78. The van der Waals surface area contributed by atoms with E-state index in [-0.39, 0.29) is 5.91 Å². The van der Waals surface area contributed by atoms with Crippen LogP contribution in [-0.4, -0.2) is 41.1 Å². The Bertz CT molecular complexity index is 560. The normalized spacial score (nSPS) is 16.3. The van der Waals surface area contributed by atoms with E-state index in [1.165, 1.54) is 0 Å². The molecule has 27 heavy (non-hydrogen) atoms. The molecule has 0 aromatic carbocycles. The van der Waals surface area contributed by atoms with Gasteiger partial charge in [0, 0.05) is 20.0 Å². The number of rotatable bonds is 9. The number of alkyl carbamates (subject to hydrolysis) is 1. The molecule has 0 heterocycles. The molecule has 2 amide bonds. The van der Waals surface area contributed by atoms with Crippen LogP contribution in [0.1, 0.15) is 80.1 Å². The summed E-state index contributed by atoms with van der Waals surface area (Å²) in [6.07, 6.45) is 12.1. The second-order valence-electron chi connectivity index (χ2n) is 8.78. The first-order valence-corrected chi connectivity index (χ1v) is 10.2. The van der Waals surface area contributed by atoms with Crippen LogP contribution >= 0.6 is 0 Å². The maximum Gasteiger partial charge on any atom is 0.408 e. The summed E-state index contributed by atoms with van der Waals surface area (Å²) in [6, 6.07) is 0. The minimum absolute atomic E-state index is 0.0163. The molecule has 1 aliphatic carbocycles. The molecule has 0 aromatic rings. The minimum Gasteiger partial charge on any atom is -0.444 e. The van der Waals surface area contributed by atoms with Gasteiger partial charge < -0.3 is 15.0 Å². The summed E-state index contributed by atoms with van der Waals surface area (Å²) in [5, 5.41) is 3.04. The number of carbonyl (C=O) groups excluding carboxylic acids is 2.